The van der Waals surface area contributed by atoms with Crippen LogP contribution in [0, 0.1) is 11.7 Å². The molecule has 1 aromatic rings. The van der Waals surface area contributed by atoms with Crippen molar-refractivity contribution in [3.05, 3.63) is 28.5 Å². The van der Waals surface area contributed by atoms with Gasteiger partial charge in [-0.1, -0.05) is 19.3 Å². The zero-order valence-corrected chi connectivity index (χ0v) is 14.0. The van der Waals surface area contributed by atoms with Crippen molar-refractivity contribution in [3.63, 3.8) is 0 Å². The molecule has 1 N–H and O–H groups in total. The second-order valence-electron chi connectivity index (χ2n) is 6.35. The Morgan fingerprint density at radius 2 is 1.95 bits per heavy atom. The van der Waals surface area contributed by atoms with E-state index in [0.717, 1.165) is 42.1 Å². The van der Waals surface area contributed by atoms with Crippen LogP contribution in [0.1, 0.15) is 38.5 Å². The number of nitrogens with zero attached hydrogens (tertiary/aromatic N) is 1. The first-order valence-electron chi connectivity index (χ1n) is 8.17. The maximum absolute atomic E-state index is 13.3. The lowest BCUT2D eigenvalue weighted by molar-refractivity contribution is 0.277. The van der Waals surface area contributed by atoms with Gasteiger partial charge in [0.2, 0.25) is 0 Å². The lowest BCUT2D eigenvalue weighted by Gasteiger charge is -2.34. The first-order valence-corrected chi connectivity index (χ1v) is 8.97. The van der Waals surface area contributed by atoms with Gasteiger partial charge in [-0.15, -0.1) is 0 Å². The lowest BCUT2D eigenvalue weighted by Crippen LogP contribution is -2.43. The molecule has 0 radical (unpaired) electrons. The van der Waals surface area contributed by atoms with E-state index >= 15 is 0 Å². The number of rotatable bonds is 2. The van der Waals surface area contributed by atoms with Crippen LogP contribution in [0.15, 0.2) is 22.7 Å². The third-order valence-electron chi connectivity index (χ3n) is 4.90. The van der Waals surface area contributed by atoms with Crippen LogP contribution < -0.4 is 10.2 Å². The Kier molecular flexibility index (Phi) is 5.17. The highest BCUT2D eigenvalue weighted by Gasteiger charge is 2.27. The van der Waals surface area contributed by atoms with Crippen LogP contribution in [0.5, 0.6) is 0 Å². The summed E-state index contributed by atoms with van der Waals surface area (Å²) in [4.78, 5) is 2.42. The highest BCUT2D eigenvalue weighted by molar-refractivity contribution is 9.10. The average Bonchev–Trinajstić information content (AvgIpc) is 2.74. The Bertz CT molecular complexity index is 474. The van der Waals surface area contributed by atoms with Crippen molar-refractivity contribution in [2.75, 3.05) is 24.5 Å². The zero-order chi connectivity index (χ0) is 14.7. The molecule has 116 valence electrons. The SMILES string of the molecule is Fc1ccc(N2CCCNC(C3CCCCC3)C2)c(Br)c1. The zero-order valence-electron chi connectivity index (χ0n) is 12.5. The molecule has 21 heavy (non-hydrogen) atoms. The molecule has 1 heterocycles. The van der Waals surface area contributed by atoms with Crippen LogP contribution in [0.3, 0.4) is 0 Å². The van der Waals surface area contributed by atoms with Crippen molar-refractivity contribution in [1.29, 1.82) is 0 Å². The minimum absolute atomic E-state index is 0.178. The minimum Gasteiger partial charge on any atom is -0.369 e. The number of hydrogen-bond acceptors (Lipinski definition) is 2. The topological polar surface area (TPSA) is 15.3 Å². The summed E-state index contributed by atoms with van der Waals surface area (Å²) in [6.07, 6.45) is 8.02. The van der Waals surface area contributed by atoms with Gasteiger partial charge in [0.25, 0.3) is 0 Å². The molecule has 1 aromatic carbocycles. The Morgan fingerprint density at radius 1 is 1.14 bits per heavy atom. The van der Waals surface area contributed by atoms with Crippen LogP contribution in [-0.4, -0.2) is 25.7 Å². The summed E-state index contributed by atoms with van der Waals surface area (Å²) in [6.45, 7) is 3.17. The molecule has 0 amide bonds. The van der Waals surface area contributed by atoms with E-state index in [9.17, 15) is 4.39 Å². The molecule has 1 atom stereocenters. The number of nitrogens with one attached hydrogen (secondary N) is 1. The summed E-state index contributed by atoms with van der Waals surface area (Å²) in [5, 5.41) is 3.75. The van der Waals surface area contributed by atoms with E-state index in [-0.39, 0.29) is 5.82 Å². The second-order valence-corrected chi connectivity index (χ2v) is 7.21. The first-order chi connectivity index (χ1) is 10.2. The van der Waals surface area contributed by atoms with Crippen molar-refractivity contribution >= 4 is 21.6 Å². The van der Waals surface area contributed by atoms with Gasteiger partial charge in [-0.05, 0) is 65.9 Å². The summed E-state index contributed by atoms with van der Waals surface area (Å²) in [6, 6.07) is 5.62. The number of hydrogen-bond donors (Lipinski definition) is 1. The number of halogens is 2. The molecule has 4 heteroatoms. The van der Waals surface area contributed by atoms with Crippen LogP contribution in [0.25, 0.3) is 0 Å². The molecule has 0 aromatic heterocycles. The first kappa shape index (κ1) is 15.3. The van der Waals surface area contributed by atoms with Gasteiger partial charge in [-0.3, -0.25) is 0 Å². The number of benzene rings is 1. The van der Waals surface area contributed by atoms with E-state index in [4.69, 9.17) is 0 Å². The predicted molar refractivity (Wildman–Crippen MR) is 89.3 cm³/mol. The normalized spacial score (nSPS) is 24.9. The molecule has 1 saturated heterocycles. The molecule has 2 fully saturated rings. The van der Waals surface area contributed by atoms with Crippen molar-refractivity contribution in [3.8, 4) is 0 Å². The van der Waals surface area contributed by atoms with E-state index in [0.29, 0.717) is 6.04 Å². The predicted octanol–water partition coefficient (Wildman–Crippen LogP) is 4.34. The maximum Gasteiger partial charge on any atom is 0.124 e. The molecule has 1 aliphatic carbocycles. The second kappa shape index (κ2) is 7.10. The lowest BCUT2D eigenvalue weighted by atomic mass is 9.83. The van der Waals surface area contributed by atoms with Crippen molar-refractivity contribution in [2.24, 2.45) is 5.92 Å². The summed E-state index contributed by atoms with van der Waals surface area (Å²) < 4.78 is 14.2. The monoisotopic (exact) mass is 354 g/mol. The van der Waals surface area contributed by atoms with Crippen molar-refractivity contribution in [1.82, 2.24) is 5.32 Å². The van der Waals surface area contributed by atoms with Gasteiger partial charge in [-0.2, -0.15) is 0 Å². The van der Waals surface area contributed by atoms with Crippen LogP contribution in [0.4, 0.5) is 10.1 Å². The van der Waals surface area contributed by atoms with Gasteiger partial charge in [-0.25, -0.2) is 4.39 Å². The quantitative estimate of drug-likeness (QED) is 0.849. The highest BCUT2D eigenvalue weighted by atomic mass is 79.9. The van der Waals surface area contributed by atoms with Crippen LogP contribution >= 0.6 is 15.9 Å². The molecule has 3 rings (SSSR count). The maximum atomic E-state index is 13.3. The Hall–Kier alpha value is -0.610. The van der Waals surface area contributed by atoms with E-state index < -0.39 is 0 Å². The molecular weight excluding hydrogens is 331 g/mol. The molecule has 0 spiro atoms. The van der Waals surface area contributed by atoms with Crippen molar-refractivity contribution < 1.29 is 4.39 Å². The van der Waals surface area contributed by atoms with E-state index in [2.05, 4.69) is 26.1 Å². The number of anilines is 1. The van der Waals surface area contributed by atoms with Crippen LogP contribution in [-0.2, 0) is 0 Å². The molecule has 1 aliphatic heterocycles. The van der Waals surface area contributed by atoms with Gasteiger partial charge in [0.15, 0.2) is 0 Å². The van der Waals surface area contributed by atoms with E-state index in [1.54, 1.807) is 12.1 Å². The van der Waals surface area contributed by atoms with Gasteiger partial charge < -0.3 is 10.2 Å². The average molecular weight is 355 g/mol. The van der Waals surface area contributed by atoms with Crippen molar-refractivity contribution in [2.45, 2.75) is 44.6 Å². The summed E-state index contributed by atoms with van der Waals surface area (Å²) in [5.41, 5.74) is 1.13. The van der Waals surface area contributed by atoms with Gasteiger partial charge in [0.05, 0.1) is 5.69 Å². The fourth-order valence-electron chi connectivity index (χ4n) is 3.76. The summed E-state index contributed by atoms with van der Waals surface area (Å²) >= 11 is 3.52. The van der Waals surface area contributed by atoms with Gasteiger partial charge >= 0.3 is 0 Å². The van der Waals surface area contributed by atoms with E-state index in [1.165, 1.54) is 32.1 Å². The summed E-state index contributed by atoms with van der Waals surface area (Å²) in [5.74, 6) is 0.626. The van der Waals surface area contributed by atoms with Crippen LogP contribution in [0.2, 0.25) is 0 Å². The van der Waals surface area contributed by atoms with Gasteiger partial charge in [0.1, 0.15) is 5.82 Å². The summed E-state index contributed by atoms with van der Waals surface area (Å²) in [7, 11) is 0. The van der Waals surface area contributed by atoms with Gasteiger partial charge in [0, 0.05) is 23.6 Å². The molecule has 2 nitrogen and oxygen atoms in total. The molecule has 2 aliphatic rings. The smallest absolute Gasteiger partial charge is 0.124 e. The molecule has 0 bridgehead atoms. The standard InChI is InChI=1S/C17H24BrFN2/c18-15-11-14(19)7-8-17(15)21-10-4-9-20-16(12-21)13-5-2-1-3-6-13/h7-8,11,13,16,20H,1-6,9-10,12H2. The third kappa shape index (κ3) is 3.78. The minimum atomic E-state index is -0.178. The molecule has 1 unspecified atom stereocenters. The molecular formula is C17H24BrFN2. The Labute approximate surface area is 135 Å². The fraction of sp³-hybridized carbons (Fsp3) is 0.647. The Morgan fingerprint density at radius 3 is 2.71 bits per heavy atom. The Balaban J connectivity index is 1.75. The molecule has 1 saturated carbocycles. The fourth-order valence-corrected chi connectivity index (χ4v) is 4.36. The highest BCUT2D eigenvalue weighted by Crippen LogP contribution is 2.31. The third-order valence-corrected chi connectivity index (χ3v) is 5.53. The largest absolute Gasteiger partial charge is 0.369 e. The van der Waals surface area contributed by atoms with E-state index in [1.807, 2.05) is 6.07 Å².